The van der Waals surface area contributed by atoms with Crippen LogP contribution in [0.4, 0.5) is 11.4 Å². The molecule has 10 heteroatoms. The lowest BCUT2D eigenvalue weighted by Crippen LogP contribution is -2.29. The molecule has 0 unspecified atom stereocenters. The van der Waals surface area contributed by atoms with E-state index in [2.05, 4.69) is 0 Å². The van der Waals surface area contributed by atoms with Crippen molar-refractivity contribution in [3.63, 3.8) is 0 Å². The van der Waals surface area contributed by atoms with Crippen LogP contribution in [0.15, 0.2) is 97.1 Å². The van der Waals surface area contributed by atoms with Gasteiger partial charge in [-0.1, -0.05) is 48.5 Å². The van der Waals surface area contributed by atoms with Gasteiger partial charge in [0.25, 0.3) is 23.6 Å². The monoisotopic (exact) mass is 562 g/mol. The van der Waals surface area contributed by atoms with Crippen molar-refractivity contribution in [3.8, 4) is 0 Å². The molecular weight excluding hydrogens is 538 g/mol. The van der Waals surface area contributed by atoms with Gasteiger partial charge in [0.05, 0.1) is 33.6 Å². The molecule has 0 saturated heterocycles. The van der Waals surface area contributed by atoms with Crippen molar-refractivity contribution in [2.45, 2.75) is 12.8 Å². The van der Waals surface area contributed by atoms with Crippen molar-refractivity contribution >= 4 is 35.0 Å². The van der Waals surface area contributed by atoms with Gasteiger partial charge in [-0.15, -0.1) is 0 Å². The van der Waals surface area contributed by atoms with Gasteiger partial charge in [-0.05, 0) is 59.7 Å². The van der Waals surface area contributed by atoms with E-state index in [1.807, 2.05) is 0 Å². The summed E-state index contributed by atoms with van der Waals surface area (Å²) in [5.41, 5.74) is 4.17. The number of rotatable bonds is 10. The first-order valence-corrected chi connectivity index (χ1v) is 13.3. The zero-order chi connectivity index (χ0) is 29.2. The summed E-state index contributed by atoms with van der Waals surface area (Å²) in [7, 11) is 0. The van der Waals surface area contributed by atoms with E-state index in [0.29, 0.717) is 46.5 Å². The minimum atomic E-state index is -0.357. The minimum Gasteiger partial charge on any atom is -0.268 e. The number of hydrogen-bond acceptors (Lipinski definition) is 7. The molecule has 2 aliphatic heterocycles. The van der Waals surface area contributed by atoms with Crippen molar-refractivity contribution in [1.29, 1.82) is 0 Å². The Morgan fingerprint density at radius 2 is 0.786 bits per heavy atom. The van der Waals surface area contributed by atoms with Crippen LogP contribution in [-0.2, 0) is 22.5 Å². The van der Waals surface area contributed by atoms with Crippen LogP contribution < -0.4 is 9.80 Å². The number of carbonyl (C=O) groups is 4. The van der Waals surface area contributed by atoms with Crippen molar-refractivity contribution in [3.05, 3.63) is 135 Å². The highest BCUT2D eigenvalue weighted by Gasteiger charge is 2.37. The Hall–Kier alpha value is -5.64. The molecule has 0 atom stereocenters. The summed E-state index contributed by atoms with van der Waals surface area (Å²) in [5, 5.41) is 0.0698. The summed E-state index contributed by atoms with van der Waals surface area (Å²) >= 11 is 0. The van der Waals surface area contributed by atoms with Gasteiger partial charge in [-0.2, -0.15) is 9.68 Å². The van der Waals surface area contributed by atoms with Gasteiger partial charge in [0.15, 0.2) is 13.2 Å². The number of benzene rings is 4. The van der Waals surface area contributed by atoms with Crippen LogP contribution >= 0.6 is 0 Å². The number of fused-ring (bicyclic) bond motifs is 2. The lowest BCUT2D eigenvalue weighted by atomic mass is 10.1. The maximum atomic E-state index is 12.7. The number of carbonyl (C=O) groups excluding carboxylic acids is 4. The topological polar surface area (TPSA) is 113 Å². The fourth-order valence-electron chi connectivity index (χ4n) is 4.98. The second kappa shape index (κ2) is 11.1. The van der Waals surface area contributed by atoms with Gasteiger partial charge in [0.2, 0.25) is 0 Å². The number of hydrogen-bond donors (Lipinski definition) is 0. The molecule has 0 radical (unpaired) electrons. The van der Waals surface area contributed by atoms with Crippen molar-refractivity contribution in [2.24, 2.45) is 0 Å². The molecule has 4 aromatic rings. The number of imide groups is 2. The minimum absolute atomic E-state index is 0.0604. The summed E-state index contributed by atoms with van der Waals surface area (Å²) < 4.78 is 0. The van der Waals surface area contributed by atoms with E-state index in [0.717, 1.165) is 20.9 Å². The lowest BCUT2D eigenvalue weighted by Gasteiger charge is -2.14. The van der Waals surface area contributed by atoms with Gasteiger partial charge in [-0.25, -0.2) is 9.80 Å². The second-order valence-electron chi connectivity index (χ2n) is 9.71. The molecule has 4 amide bonds. The molecule has 0 bridgehead atoms. The third-order valence-electron chi connectivity index (χ3n) is 7.15. The fourth-order valence-corrected chi connectivity index (χ4v) is 4.98. The molecule has 6 rings (SSSR count). The molecule has 2 heterocycles. The average molecular weight is 563 g/mol. The SMILES string of the molecule is O=C1c2ccccc2C(=O)N1c1ccc(CCO[N+](=O)OCCc2ccc(N3C(=O)c4ccccc4C3=O)cc2)cc1. The molecule has 0 fully saturated rings. The fraction of sp³-hybridized carbons (Fsp3) is 0.125. The van der Waals surface area contributed by atoms with E-state index >= 15 is 0 Å². The maximum absolute atomic E-state index is 12.7. The van der Waals surface area contributed by atoms with Crippen molar-refractivity contribution in [2.75, 3.05) is 23.0 Å². The molecule has 208 valence electrons. The zero-order valence-electron chi connectivity index (χ0n) is 22.3. The molecule has 4 aromatic carbocycles. The van der Waals surface area contributed by atoms with E-state index < -0.39 is 0 Å². The highest BCUT2D eigenvalue weighted by molar-refractivity contribution is 6.35. The molecule has 0 aromatic heterocycles. The normalized spacial score (nSPS) is 13.8. The zero-order valence-corrected chi connectivity index (χ0v) is 22.3. The Bertz CT molecular complexity index is 1530. The predicted octanol–water partition coefficient (Wildman–Crippen LogP) is 4.72. The Labute approximate surface area is 240 Å². The molecule has 10 nitrogen and oxygen atoms in total. The first kappa shape index (κ1) is 26.6. The molecule has 2 aliphatic rings. The Morgan fingerprint density at radius 3 is 1.10 bits per heavy atom. The van der Waals surface area contributed by atoms with Crippen molar-refractivity contribution < 1.29 is 33.9 Å². The largest absolute Gasteiger partial charge is 0.477 e. The third-order valence-corrected chi connectivity index (χ3v) is 7.15. The Kier molecular flexibility index (Phi) is 7.02. The first-order valence-electron chi connectivity index (χ1n) is 13.3. The maximum Gasteiger partial charge on any atom is 0.477 e. The van der Waals surface area contributed by atoms with Gasteiger partial charge < -0.3 is 0 Å². The standard InChI is InChI=1S/C32H24N3O7/c36-29-25-5-1-2-6-26(25)30(37)33(29)23-13-9-21(10-14-23)17-19-41-35(40)42-20-18-22-11-15-24(16-12-22)34-31(38)27-7-3-4-8-28(27)32(34)39/h1-16H,17-20H2/q+1. The van der Waals surface area contributed by atoms with E-state index in [1.165, 1.54) is 0 Å². The third kappa shape index (κ3) is 4.90. The van der Waals surface area contributed by atoms with E-state index in [1.54, 1.807) is 97.1 Å². The van der Waals surface area contributed by atoms with Crippen LogP contribution in [0.1, 0.15) is 52.6 Å². The van der Waals surface area contributed by atoms with Gasteiger partial charge in [0.1, 0.15) is 4.91 Å². The first-order chi connectivity index (χ1) is 20.4. The van der Waals surface area contributed by atoms with Crippen molar-refractivity contribution in [1.82, 2.24) is 0 Å². The smallest absolute Gasteiger partial charge is 0.268 e. The van der Waals surface area contributed by atoms with Gasteiger partial charge >= 0.3 is 5.09 Å². The quantitative estimate of drug-likeness (QED) is 0.203. The molecule has 0 N–H and O–H groups in total. The van der Waals surface area contributed by atoms with Gasteiger partial charge in [0, 0.05) is 12.8 Å². The number of anilines is 2. The van der Waals surface area contributed by atoms with Crippen LogP contribution in [0, 0.1) is 4.91 Å². The van der Waals surface area contributed by atoms with Crippen LogP contribution in [0.3, 0.4) is 0 Å². The van der Waals surface area contributed by atoms with E-state index in [9.17, 15) is 24.1 Å². The van der Waals surface area contributed by atoms with Crippen LogP contribution in [0.2, 0.25) is 0 Å². The van der Waals surface area contributed by atoms with Crippen LogP contribution in [0.25, 0.3) is 0 Å². The molecule has 0 aliphatic carbocycles. The second-order valence-corrected chi connectivity index (χ2v) is 9.71. The molecule has 0 spiro atoms. The summed E-state index contributed by atoms with van der Waals surface area (Å²) in [6, 6.07) is 27.2. The van der Waals surface area contributed by atoms with Crippen LogP contribution in [0.5, 0.6) is 0 Å². The van der Waals surface area contributed by atoms with Crippen LogP contribution in [-0.4, -0.2) is 41.9 Å². The summed E-state index contributed by atoms with van der Waals surface area (Å²) in [4.78, 5) is 75.0. The molecule has 0 saturated carbocycles. The number of nitrogens with zero attached hydrogens (tertiary/aromatic N) is 3. The Morgan fingerprint density at radius 1 is 0.476 bits per heavy atom. The average Bonchev–Trinajstić information content (AvgIpc) is 3.42. The highest BCUT2D eigenvalue weighted by Crippen LogP contribution is 2.29. The molecule has 42 heavy (non-hydrogen) atoms. The summed E-state index contributed by atoms with van der Waals surface area (Å²) in [6.45, 7) is 0.121. The lowest BCUT2D eigenvalue weighted by molar-refractivity contribution is -0.981. The molecular formula is C32H24N3O7+. The Balaban J connectivity index is 0.940. The summed E-state index contributed by atoms with van der Waals surface area (Å²) in [5.74, 6) is -1.43. The summed E-state index contributed by atoms with van der Waals surface area (Å²) in [6.07, 6.45) is 0.813. The van der Waals surface area contributed by atoms with E-state index in [4.69, 9.17) is 9.68 Å². The highest BCUT2D eigenvalue weighted by atomic mass is 17.0. The predicted molar refractivity (Wildman–Crippen MR) is 151 cm³/mol. The van der Waals surface area contributed by atoms with E-state index in [-0.39, 0.29) is 41.9 Å². The number of amides is 4. The van der Waals surface area contributed by atoms with Gasteiger partial charge in [-0.3, -0.25) is 19.2 Å².